The van der Waals surface area contributed by atoms with E-state index in [0.717, 1.165) is 5.56 Å². The number of aromatic nitrogens is 3. The fraction of sp³-hybridized carbons (Fsp3) is 0.182. The lowest BCUT2D eigenvalue weighted by Crippen LogP contribution is -2.14. The van der Waals surface area contributed by atoms with Crippen molar-refractivity contribution in [3.63, 3.8) is 0 Å². The predicted molar refractivity (Wildman–Crippen MR) is 69.0 cm³/mol. The molecule has 0 unspecified atom stereocenters. The van der Waals surface area contributed by atoms with Crippen molar-refractivity contribution in [3.05, 3.63) is 40.6 Å². The fourth-order valence-corrected chi connectivity index (χ4v) is 1.52. The minimum atomic E-state index is -0.586. The average molecular weight is 311 g/mol. The Labute approximate surface area is 112 Å². The monoisotopic (exact) mass is 310 g/mol. The summed E-state index contributed by atoms with van der Waals surface area (Å²) in [6, 6.07) is 9.42. The second-order valence-electron chi connectivity index (χ2n) is 3.51. The zero-order valence-corrected chi connectivity index (χ0v) is 11.2. The number of nitrogens with one attached hydrogen (secondary N) is 1. The largest absolute Gasteiger partial charge is 0.444 e. The van der Waals surface area contributed by atoms with Crippen LogP contribution in [0.5, 0.6) is 0 Å². The summed E-state index contributed by atoms with van der Waals surface area (Å²) in [5.74, 6) is 0.197. The molecule has 0 aliphatic carbocycles. The minimum Gasteiger partial charge on any atom is -0.444 e. The van der Waals surface area contributed by atoms with Gasteiger partial charge in [0.1, 0.15) is 6.61 Å². The zero-order valence-electron chi connectivity index (χ0n) is 9.63. The van der Waals surface area contributed by atoms with E-state index in [-0.39, 0.29) is 12.6 Å². The molecular formula is C11H11BrN4O2. The molecule has 0 spiro atoms. The molecule has 0 fully saturated rings. The summed E-state index contributed by atoms with van der Waals surface area (Å²) in [5.41, 5.74) is 0.919. The van der Waals surface area contributed by atoms with Crippen molar-refractivity contribution in [1.29, 1.82) is 0 Å². The number of rotatable bonds is 3. The Morgan fingerprint density at radius 1 is 1.44 bits per heavy atom. The van der Waals surface area contributed by atoms with E-state index in [1.54, 1.807) is 7.05 Å². The quantitative estimate of drug-likeness (QED) is 0.944. The Kier molecular flexibility index (Phi) is 3.93. The molecule has 7 heteroatoms. The Morgan fingerprint density at radius 3 is 2.78 bits per heavy atom. The number of benzene rings is 1. The van der Waals surface area contributed by atoms with E-state index in [2.05, 4.69) is 31.3 Å². The average Bonchev–Trinajstić information content (AvgIpc) is 2.67. The lowest BCUT2D eigenvalue weighted by atomic mass is 10.2. The molecule has 2 rings (SSSR count). The molecule has 1 heterocycles. The molecule has 0 aliphatic rings. The number of ether oxygens (including phenoxy) is 1. The molecule has 6 nitrogen and oxygen atoms in total. The van der Waals surface area contributed by atoms with E-state index in [0.29, 0.717) is 4.73 Å². The number of halogens is 1. The van der Waals surface area contributed by atoms with Gasteiger partial charge in [-0.2, -0.15) is 4.98 Å². The first-order chi connectivity index (χ1) is 8.65. The van der Waals surface area contributed by atoms with Gasteiger partial charge < -0.3 is 4.74 Å². The maximum atomic E-state index is 11.5. The van der Waals surface area contributed by atoms with E-state index < -0.39 is 6.09 Å². The first kappa shape index (κ1) is 12.6. The number of aryl methyl sites for hydroxylation is 1. The van der Waals surface area contributed by atoms with Crippen molar-refractivity contribution in [3.8, 4) is 0 Å². The lowest BCUT2D eigenvalue weighted by molar-refractivity contribution is 0.155. The fourth-order valence-electron chi connectivity index (χ4n) is 1.27. The number of anilines is 1. The zero-order chi connectivity index (χ0) is 13.0. The second kappa shape index (κ2) is 5.63. The predicted octanol–water partition coefficient (Wildman–Crippen LogP) is 2.33. The maximum Gasteiger partial charge on any atom is 0.414 e. The highest BCUT2D eigenvalue weighted by Crippen LogP contribution is 2.08. The van der Waals surface area contributed by atoms with Crippen LogP contribution in [-0.2, 0) is 18.4 Å². The Morgan fingerprint density at radius 2 is 2.17 bits per heavy atom. The van der Waals surface area contributed by atoms with Crippen LogP contribution in [0.25, 0.3) is 0 Å². The van der Waals surface area contributed by atoms with Gasteiger partial charge in [-0.05, 0) is 21.5 Å². The van der Waals surface area contributed by atoms with Crippen LogP contribution in [0, 0.1) is 0 Å². The summed E-state index contributed by atoms with van der Waals surface area (Å²) in [4.78, 5) is 15.4. The summed E-state index contributed by atoms with van der Waals surface area (Å²) in [6.07, 6.45) is -0.586. The normalized spacial score (nSPS) is 10.1. The number of hydrogen-bond donors (Lipinski definition) is 1. The topological polar surface area (TPSA) is 69.0 Å². The molecule has 0 bridgehead atoms. The molecular weight excluding hydrogens is 300 g/mol. The van der Waals surface area contributed by atoms with Crippen LogP contribution in [-0.4, -0.2) is 20.9 Å². The van der Waals surface area contributed by atoms with Crippen molar-refractivity contribution < 1.29 is 9.53 Å². The molecule has 0 aliphatic heterocycles. The van der Waals surface area contributed by atoms with E-state index in [1.165, 1.54) is 4.68 Å². The van der Waals surface area contributed by atoms with E-state index in [4.69, 9.17) is 4.74 Å². The highest BCUT2D eigenvalue weighted by Gasteiger charge is 2.09. The van der Waals surface area contributed by atoms with Crippen molar-refractivity contribution in [2.75, 3.05) is 5.32 Å². The molecule has 1 amide bonds. The van der Waals surface area contributed by atoms with Gasteiger partial charge in [0.25, 0.3) is 5.95 Å². The van der Waals surface area contributed by atoms with Crippen LogP contribution >= 0.6 is 15.9 Å². The summed E-state index contributed by atoms with van der Waals surface area (Å²) in [5, 5.41) is 6.39. The molecule has 18 heavy (non-hydrogen) atoms. The molecule has 0 saturated carbocycles. The molecule has 0 atom stereocenters. The Bertz CT molecular complexity index is 522. The van der Waals surface area contributed by atoms with Gasteiger partial charge in [-0.3, -0.25) is 5.32 Å². The smallest absolute Gasteiger partial charge is 0.414 e. The molecule has 0 saturated heterocycles. The van der Waals surface area contributed by atoms with Gasteiger partial charge in [0, 0.05) is 7.05 Å². The molecule has 0 radical (unpaired) electrons. The van der Waals surface area contributed by atoms with Crippen LogP contribution < -0.4 is 5.32 Å². The first-order valence-corrected chi connectivity index (χ1v) is 5.98. The molecule has 1 N–H and O–H groups in total. The van der Waals surface area contributed by atoms with Gasteiger partial charge in [0.15, 0.2) is 4.73 Å². The molecule has 2 aromatic rings. The van der Waals surface area contributed by atoms with Crippen LogP contribution in [0.15, 0.2) is 35.1 Å². The lowest BCUT2D eigenvalue weighted by Gasteiger charge is -2.04. The van der Waals surface area contributed by atoms with Gasteiger partial charge in [-0.1, -0.05) is 30.3 Å². The molecule has 1 aromatic heterocycles. The van der Waals surface area contributed by atoms with Gasteiger partial charge in [0.2, 0.25) is 0 Å². The van der Waals surface area contributed by atoms with Gasteiger partial charge in [-0.25, -0.2) is 9.48 Å². The molecule has 1 aromatic carbocycles. The highest BCUT2D eigenvalue weighted by molar-refractivity contribution is 9.10. The van der Waals surface area contributed by atoms with Crippen LogP contribution in [0.1, 0.15) is 5.56 Å². The van der Waals surface area contributed by atoms with Gasteiger partial charge in [-0.15, -0.1) is 5.10 Å². The van der Waals surface area contributed by atoms with Crippen molar-refractivity contribution in [2.24, 2.45) is 7.05 Å². The van der Waals surface area contributed by atoms with E-state index in [9.17, 15) is 4.79 Å². The Balaban J connectivity index is 1.86. The third-order valence-electron chi connectivity index (χ3n) is 2.14. The van der Waals surface area contributed by atoms with Crippen LogP contribution in [0.3, 0.4) is 0 Å². The highest BCUT2D eigenvalue weighted by atomic mass is 79.9. The van der Waals surface area contributed by atoms with Crippen molar-refractivity contribution in [2.45, 2.75) is 6.61 Å². The van der Waals surface area contributed by atoms with Crippen molar-refractivity contribution in [1.82, 2.24) is 14.8 Å². The number of amides is 1. The number of nitrogens with zero attached hydrogens (tertiary/aromatic N) is 3. The maximum absolute atomic E-state index is 11.5. The van der Waals surface area contributed by atoms with E-state index >= 15 is 0 Å². The summed E-state index contributed by atoms with van der Waals surface area (Å²) in [7, 11) is 1.71. The summed E-state index contributed by atoms with van der Waals surface area (Å²) >= 11 is 3.18. The SMILES string of the molecule is Cn1nc(NC(=O)OCc2ccccc2)nc1Br. The van der Waals surface area contributed by atoms with Crippen LogP contribution in [0.2, 0.25) is 0 Å². The number of carbonyl (C=O) groups excluding carboxylic acids is 1. The second-order valence-corrected chi connectivity index (χ2v) is 4.22. The van der Waals surface area contributed by atoms with Gasteiger partial charge >= 0.3 is 6.09 Å². The number of carbonyl (C=O) groups is 1. The third kappa shape index (κ3) is 3.30. The molecule has 94 valence electrons. The minimum absolute atomic E-state index is 0.197. The third-order valence-corrected chi connectivity index (χ3v) is 2.83. The Hall–Kier alpha value is -1.89. The number of hydrogen-bond acceptors (Lipinski definition) is 4. The summed E-state index contributed by atoms with van der Waals surface area (Å²) in [6.45, 7) is 0.209. The van der Waals surface area contributed by atoms with Gasteiger partial charge in [0.05, 0.1) is 0 Å². The first-order valence-electron chi connectivity index (χ1n) is 5.19. The van der Waals surface area contributed by atoms with Crippen LogP contribution in [0.4, 0.5) is 10.7 Å². The standard InChI is InChI=1S/C11H11BrN4O2/c1-16-9(12)13-10(15-16)14-11(17)18-7-8-5-3-2-4-6-8/h2-6H,7H2,1H3,(H,14,15,17). The van der Waals surface area contributed by atoms with E-state index in [1.807, 2.05) is 30.3 Å². The summed E-state index contributed by atoms with van der Waals surface area (Å²) < 4.78 is 7.05. The van der Waals surface area contributed by atoms with Crippen molar-refractivity contribution >= 4 is 28.0 Å².